The molecule has 0 heterocycles. The van der Waals surface area contributed by atoms with E-state index in [2.05, 4.69) is 22.9 Å². The zero-order valence-corrected chi connectivity index (χ0v) is 6.24. The van der Waals surface area contributed by atoms with Crippen LogP contribution in [0.1, 0.15) is 0 Å². The molecule has 0 aliphatic heterocycles. The number of carbonyl (C=O) groups excluding carboxylic acids is 3. The molecule has 12 heavy (non-hydrogen) atoms. The standard InChI is InChI=1S/C2H5N3O2.CH4N2O.H3N/c3-1(6)5-2(4)7;2-1(3)4;/h(H5,3,4,5,6,7);(H4,2,3,4);1H3. The minimum atomic E-state index is -0.938. The first-order chi connectivity index (χ1) is 4.86. The summed E-state index contributed by atoms with van der Waals surface area (Å²) in [5.41, 5.74) is 17.4. The van der Waals surface area contributed by atoms with Crippen molar-refractivity contribution in [2.45, 2.75) is 0 Å². The Hall–Kier alpha value is -2.03. The van der Waals surface area contributed by atoms with E-state index in [1.54, 1.807) is 5.32 Å². The van der Waals surface area contributed by atoms with E-state index in [-0.39, 0.29) is 6.15 Å². The van der Waals surface area contributed by atoms with Gasteiger partial charge in [-0.15, -0.1) is 0 Å². The summed E-state index contributed by atoms with van der Waals surface area (Å²) in [5.74, 6) is 0. The Balaban J connectivity index is -0.000000142. The minimum Gasteiger partial charge on any atom is -0.352 e. The number of carbonyl (C=O) groups is 3. The number of hydrogen-bond acceptors (Lipinski definition) is 4. The maximum atomic E-state index is 9.62. The second-order valence-corrected chi connectivity index (χ2v) is 1.26. The van der Waals surface area contributed by atoms with Crippen molar-refractivity contribution in [2.24, 2.45) is 22.9 Å². The largest absolute Gasteiger partial charge is 0.352 e. The zero-order chi connectivity index (χ0) is 9.44. The van der Waals surface area contributed by atoms with Gasteiger partial charge in [0.15, 0.2) is 0 Å². The fraction of sp³-hybridized carbons (Fsp3) is 0. The molecule has 0 aromatic carbocycles. The van der Waals surface area contributed by atoms with Crippen molar-refractivity contribution in [1.29, 1.82) is 0 Å². The van der Waals surface area contributed by atoms with Crippen molar-refractivity contribution >= 4 is 18.1 Å². The monoisotopic (exact) mass is 180 g/mol. The van der Waals surface area contributed by atoms with Crippen molar-refractivity contribution in [3.05, 3.63) is 0 Å². The van der Waals surface area contributed by atoms with Gasteiger partial charge in [-0.2, -0.15) is 0 Å². The smallest absolute Gasteiger partial charge is 0.320 e. The average molecular weight is 180 g/mol. The van der Waals surface area contributed by atoms with Crippen molar-refractivity contribution in [3.63, 3.8) is 0 Å². The van der Waals surface area contributed by atoms with E-state index in [0.29, 0.717) is 0 Å². The van der Waals surface area contributed by atoms with Crippen LogP contribution in [-0.2, 0) is 0 Å². The Kier molecular flexibility index (Phi) is 12.3. The Bertz CT molecular complexity index is 151. The lowest BCUT2D eigenvalue weighted by Crippen LogP contribution is -2.38. The molecule has 0 spiro atoms. The molecule has 0 radical (unpaired) electrons. The van der Waals surface area contributed by atoms with Crippen LogP contribution in [0, 0.1) is 0 Å². The highest BCUT2D eigenvalue weighted by Crippen LogP contribution is 1.51. The lowest BCUT2D eigenvalue weighted by molar-refractivity contribution is 0.236. The van der Waals surface area contributed by atoms with Crippen LogP contribution >= 0.6 is 0 Å². The van der Waals surface area contributed by atoms with E-state index in [9.17, 15) is 9.59 Å². The number of hydrogen-bond donors (Lipinski definition) is 6. The lowest BCUT2D eigenvalue weighted by atomic mass is 10.9. The van der Waals surface area contributed by atoms with Gasteiger partial charge in [-0.3, -0.25) is 5.32 Å². The molecule has 0 aliphatic carbocycles. The SMILES string of the molecule is N.NC(=O)NC(N)=O.NC(N)=O. The molecule has 0 unspecified atom stereocenters. The van der Waals surface area contributed by atoms with E-state index in [0.717, 1.165) is 0 Å². The summed E-state index contributed by atoms with van der Waals surface area (Å²) in [4.78, 5) is 28.2. The van der Waals surface area contributed by atoms with Crippen LogP contribution in [0.4, 0.5) is 14.4 Å². The second kappa shape index (κ2) is 8.97. The zero-order valence-electron chi connectivity index (χ0n) is 6.24. The molecular weight excluding hydrogens is 168 g/mol. The number of nitrogens with two attached hydrogens (primary N) is 4. The molecule has 0 fully saturated rings. The van der Waals surface area contributed by atoms with Gasteiger partial charge in [0.1, 0.15) is 0 Å². The lowest BCUT2D eigenvalue weighted by Gasteiger charge is -1.88. The van der Waals surface area contributed by atoms with Crippen LogP contribution in [0.5, 0.6) is 0 Å². The quantitative estimate of drug-likeness (QED) is 0.248. The number of primary amides is 4. The maximum absolute atomic E-state index is 9.62. The first-order valence-corrected chi connectivity index (χ1v) is 2.27. The van der Waals surface area contributed by atoms with E-state index in [4.69, 9.17) is 4.79 Å². The Labute approximate surface area is 68.0 Å². The van der Waals surface area contributed by atoms with Crippen molar-refractivity contribution in [2.75, 3.05) is 0 Å². The van der Waals surface area contributed by atoms with Gasteiger partial charge >= 0.3 is 18.1 Å². The molecule has 9 heteroatoms. The highest BCUT2D eigenvalue weighted by atomic mass is 16.2. The first kappa shape index (κ1) is 16.5. The molecule has 0 rings (SSSR count). The van der Waals surface area contributed by atoms with E-state index >= 15 is 0 Å². The normalized spacial score (nSPS) is 6.33. The Morgan fingerprint density at radius 2 is 1.00 bits per heavy atom. The molecular formula is C3H12N6O3. The molecule has 0 saturated carbocycles. The molecule has 6 amide bonds. The van der Waals surface area contributed by atoms with Crippen LogP contribution < -0.4 is 34.4 Å². The molecule has 0 aromatic heterocycles. The van der Waals surface area contributed by atoms with Crippen molar-refractivity contribution in [1.82, 2.24) is 11.5 Å². The number of imide groups is 1. The highest BCUT2D eigenvalue weighted by Gasteiger charge is 1.92. The predicted molar refractivity (Wildman–Crippen MR) is 41.1 cm³/mol. The molecule has 72 valence electrons. The van der Waals surface area contributed by atoms with Crippen LogP contribution in [0.25, 0.3) is 0 Å². The third-order valence-electron chi connectivity index (χ3n) is 0.246. The topological polar surface area (TPSA) is 202 Å². The number of amides is 6. The van der Waals surface area contributed by atoms with Gasteiger partial charge in [0.05, 0.1) is 0 Å². The van der Waals surface area contributed by atoms with Crippen molar-refractivity contribution in [3.8, 4) is 0 Å². The number of urea groups is 3. The molecule has 0 atom stereocenters. The average Bonchev–Trinajstić information content (AvgIpc) is 1.56. The van der Waals surface area contributed by atoms with Crippen LogP contribution in [-0.4, -0.2) is 18.1 Å². The number of nitrogens with one attached hydrogen (secondary N) is 1. The van der Waals surface area contributed by atoms with Gasteiger partial charge in [0.2, 0.25) is 0 Å². The minimum absolute atomic E-state index is 0. The summed E-state index contributed by atoms with van der Waals surface area (Å²) in [6, 6.07) is -2.71. The molecule has 0 aliphatic rings. The van der Waals surface area contributed by atoms with Gasteiger partial charge in [-0.05, 0) is 0 Å². The third kappa shape index (κ3) is 99.8. The summed E-state index contributed by atoms with van der Waals surface area (Å²) in [6.07, 6.45) is 0. The summed E-state index contributed by atoms with van der Waals surface area (Å²) < 4.78 is 0. The van der Waals surface area contributed by atoms with E-state index < -0.39 is 18.1 Å². The third-order valence-corrected chi connectivity index (χ3v) is 0.246. The molecule has 0 bridgehead atoms. The van der Waals surface area contributed by atoms with Crippen LogP contribution in [0.15, 0.2) is 0 Å². The Morgan fingerprint density at radius 3 is 1.00 bits per heavy atom. The van der Waals surface area contributed by atoms with Gasteiger partial charge in [0, 0.05) is 0 Å². The fourth-order valence-electron chi connectivity index (χ4n) is 0.121. The first-order valence-electron chi connectivity index (χ1n) is 2.27. The van der Waals surface area contributed by atoms with E-state index in [1.807, 2.05) is 0 Å². The maximum Gasteiger partial charge on any atom is 0.320 e. The van der Waals surface area contributed by atoms with Crippen molar-refractivity contribution < 1.29 is 14.4 Å². The summed E-state index contributed by atoms with van der Waals surface area (Å²) in [5, 5.41) is 1.58. The molecule has 9 nitrogen and oxygen atoms in total. The van der Waals surface area contributed by atoms with Gasteiger partial charge < -0.3 is 29.1 Å². The summed E-state index contributed by atoms with van der Waals surface area (Å²) in [6.45, 7) is 0. The van der Waals surface area contributed by atoms with Gasteiger partial charge in [-0.1, -0.05) is 0 Å². The van der Waals surface area contributed by atoms with E-state index in [1.165, 1.54) is 0 Å². The number of rotatable bonds is 0. The van der Waals surface area contributed by atoms with Crippen LogP contribution in [0.3, 0.4) is 0 Å². The molecule has 0 aromatic rings. The molecule has 12 N–H and O–H groups in total. The molecule has 0 saturated heterocycles. The Morgan fingerprint density at radius 1 is 0.833 bits per heavy atom. The fourth-order valence-corrected chi connectivity index (χ4v) is 0.121. The van der Waals surface area contributed by atoms with Gasteiger partial charge in [-0.25, -0.2) is 14.4 Å². The predicted octanol–water partition coefficient (Wildman–Crippen LogP) is -2.08. The second-order valence-electron chi connectivity index (χ2n) is 1.26. The highest BCUT2D eigenvalue weighted by molar-refractivity contribution is 5.91. The summed E-state index contributed by atoms with van der Waals surface area (Å²) >= 11 is 0. The summed E-state index contributed by atoms with van der Waals surface area (Å²) in [7, 11) is 0. The van der Waals surface area contributed by atoms with Gasteiger partial charge in [0.25, 0.3) is 0 Å². The van der Waals surface area contributed by atoms with Crippen LogP contribution in [0.2, 0.25) is 0 Å².